The van der Waals surface area contributed by atoms with Crippen LogP contribution in [0.4, 0.5) is 10.1 Å². The molecule has 0 saturated carbocycles. The summed E-state index contributed by atoms with van der Waals surface area (Å²) in [6.07, 6.45) is 1.64. The van der Waals surface area contributed by atoms with E-state index in [-0.39, 0.29) is 17.8 Å². The number of rotatable bonds is 0. The first-order valence-corrected chi connectivity index (χ1v) is 5.68. The summed E-state index contributed by atoms with van der Waals surface area (Å²) < 4.78 is 13.1. The molecule has 3 heteroatoms. The first-order valence-electron chi connectivity index (χ1n) is 5.68. The lowest BCUT2D eigenvalue weighted by Gasteiger charge is -2.33. The van der Waals surface area contributed by atoms with Gasteiger partial charge >= 0.3 is 5.91 Å². The lowest BCUT2D eigenvalue weighted by Crippen LogP contribution is -2.41. The van der Waals surface area contributed by atoms with Gasteiger partial charge < -0.3 is 0 Å². The molecule has 17 heavy (non-hydrogen) atoms. The van der Waals surface area contributed by atoms with E-state index in [9.17, 15) is 9.18 Å². The molecule has 0 N–H and O–H groups in total. The molecule has 1 aliphatic rings. The van der Waals surface area contributed by atoms with E-state index in [0.717, 1.165) is 24.1 Å². The molecule has 0 aliphatic carbocycles. The van der Waals surface area contributed by atoms with E-state index in [1.165, 1.54) is 12.1 Å². The number of hydrogen-bond donors (Lipinski definition) is 0. The Hall–Kier alpha value is -1.82. The molecule has 0 saturated heterocycles. The van der Waals surface area contributed by atoms with Crippen molar-refractivity contribution in [3.8, 4) is 11.8 Å². The number of fused-ring (bicyclic) bond motifs is 1. The second kappa shape index (κ2) is 4.58. The molecule has 0 fully saturated rings. The largest absolute Gasteiger partial charge is 0.303 e. The van der Waals surface area contributed by atoms with Crippen molar-refractivity contribution in [2.45, 2.75) is 32.7 Å². The molecule has 0 radical (unpaired) electrons. The molecule has 0 bridgehead atoms. The van der Waals surface area contributed by atoms with Crippen LogP contribution in [0.15, 0.2) is 18.2 Å². The van der Waals surface area contributed by atoms with E-state index in [2.05, 4.69) is 11.8 Å². The van der Waals surface area contributed by atoms with Crippen molar-refractivity contribution in [2.75, 3.05) is 4.90 Å². The van der Waals surface area contributed by atoms with Gasteiger partial charge in [0.2, 0.25) is 0 Å². The number of hydrogen-bond acceptors (Lipinski definition) is 1. The van der Waals surface area contributed by atoms with Gasteiger partial charge in [0.05, 0.1) is 0 Å². The predicted octanol–water partition coefficient (Wildman–Crippen LogP) is 2.52. The molecule has 1 unspecified atom stereocenters. The molecule has 1 atom stereocenters. The molecule has 0 spiro atoms. The fourth-order valence-corrected chi connectivity index (χ4v) is 2.20. The summed E-state index contributed by atoms with van der Waals surface area (Å²) in [7, 11) is 0. The topological polar surface area (TPSA) is 20.3 Å². The van der Waals surface area contributed by atoms with Gasteiger partial charge in [-0.3, -0.25) is 9.69 Å². The quantitative estimate of drug-likeness (QED) is 0.628. The van der Waals surface area contributed by atoms with E-state index >= 15 is 0 Å². The van der Waals surface area contributed by atoms with Gasteiger partial charge in [-0.1, -0.05) is 5.92 Å². The van der Waals surface area contributed by atoms with Crippen LogP contribution in [0.2, 0.25) is 0 Å². The Morgan fingerprint density at radius 2 is 2.29 bits per heavy atom. The van der Waals surface area contributed by atoms with Crippen LogP contribution in [0, 0.1) is 17.7 Å². The molecule has 1 aromatic carbocycles. The molecule has 1 aromatic rings. The normalized spacial score (nSPS) is 18.1. The standard InChI is InChI=1S/C14H14FNO/c1-3-4-14(17)16-10(2)5-6-11-9-12(15)7-8-13(11)16/h7-10H,5-6H2,1-2H3. The van der Waals surface area contributed by atoms with Gasteiger partial charge in [-0.15, -0.1) is 0 Å². The van der Waals surface area contributed by atoms with E-state index in [0.29, 0.717) is 0 Å². The van der Waals surface area contributed by atoms with Gasteiger partial charge in [0.15, 0.2) is 0 Å². The van der Waals surface area contributed by atoms with Crippen molar-refractivity contribution in [1.82, 2.24) is 0 Å². The summed E-state index contributed by atoms with van der Waals surface area (Å²) in [4.78, 5) is 13.6. The number of halogens is 1. The molecule has 88 valence electrons. The highest BCUT2D eigenvalue weighted by molar-refractivity contribution is 6.06. The van der Waals surface area contributed by atoms with Gasteiger partial charge in [-0.25, -0.2) is 4.39 Å². The van der Waals surface area contributed by atoms with Crippen molar-refractivity contribution >= 4 is 11.6 Å². The van der Waals surface area contributed by atoms with E-state index in [1.807, 2.05) is 6.92 Å². The van der Waals surface area contributed by atoms with Crippen LogP contribution in [-0.2, 0) is 11.2 Å². The monoisotopic (exact) mass is 231 g/mol. The minimum atomic E-state index is -0.257. The Kier molecular flexibility index (Phi) is 3.14. The van der Waals surface area contributed by atoms with Crippen molar-refractivity contribution in [3.05, 3.63) is 29.6 Å². The fourth-order valence-electron chi connectivity index (χ4n) is 2.20. The van der Waals surface area contributed by atoms with Crippen LogP contribution >= 0.6 is 0 Å². The number of carbonyl (C=O) groups excluding carboxylic acids is 1. The zero-order chi connectivity index (χ0) is 12.4. The van der Waals surface area contributed by atoms with Crippen LogP contribution in [0.3, 0.4) is 0 Å². The Morgan fingerprint density at radius 1 is 1.53 bits per heavy atom. The number of benzene rings is 1. The van der Waals surface area contributed by atoms with E-state index in [1.54, 1.807) is 17.9 Å². The summed E-state index contributed by atoms with van der Waals surface area (Å²) in [6, 6.07) is 4.66. The third-order valence-corrected chi connectivity index (χ3v) is 3.02. The summed E-state index contributed by atoms with van der Waals surface area (Å²) in [5.41, 5.74) is 1.67. The minimum Gasteiger partial charge on any atom is -0.299 e. The highest BCUT2D eigenvalue weighted by atomic mass is 19.1. The number of amides is 1. The molecule has 1 aliphatic heterocycles. The number of carbonyl (C=O) groups is 1. The number of aryl methyl sites for hydroxylation is 1. The molecule has 1 amide bonds. The molecular weight excluding hydrogens is 217 g/mol. The van der Waals surface area contributed by atoms with E-state index in [4.69, 9.17) is 0 Å². The average Bonchev–Trinajstić information content (AvgIpc) is 2.29. The maximum absolute atomic E-state index is 13.1. The summed E-state index contributed by atoms with van der Waals surface area (Å²) in [5.74, 6) is 4.68. The predicted molar refractivity (Wildman–Crippen MR) is 65.1 cm³/mol. The Bertz CT molecular complexity index is 513. The molecular formula is C14H14FNO. The second-order valence-corrected chi connectivity index (χ2v) is 4.21. The Morgan fingerprint density at radius 3 is 3.00 bits per heavy atom. The van der Waals surface area contributed by atoms with Crippen LogP contribution in [-0.4, -0.2) is 11.9 Å². The van der Waals surface area contributed by atoms with Gasteiger partial charge in [0, 0.05) is 11.7 Å². The fraction of sp³-hybridized carbons (Fsp3) is 0.357. The molecule has 2 nitrogen and oxygen atoms in total. The summed E-state index contributed by atoms with van der Waals surface area (Å²) >= 11 is 0. The maximum Gasteiger partial charge on any atom is 0.303 e. The third-order valence-electron chi connectivity index (χ3n) is 3.02. The van der Waals surface area contributed by atoms with Crippen molar-refractivity contribution in [2.24, 2.45) is 0 Å². The lowest BCUT2D eigenvalue weighted by molar-refractivity contribution is -0.113. The Labute approximate surface area is 100 Å². The molecule has 2 rings (SSSR count). The molecule has 1 heterocycles. The van der Waals surface area contributed by atoms with Gasteiger partial charge in [-0.2, -0.15) is 0 Å². The highest BCUT2D eigenvalue weighted by Crippen LogP contribution is 2.31. The SMILES string of the molecule is CC#CC(=O)N1c2ccc(F)cc2CCC1C. The maximum atomic E-state index is 13.1. The zero-order valence-electron chi connectivity index (χ0n) is 9.96. The number of anilines is 1. The van der Waals surface area contributed by atoms with Crippen LogP contribution in [0.5, 0.6) is 0 Å². The van der Waals surface area contributed by atoms with Crippen molar-refractivity contribution < 1.29 is 9.18 Å². The number of nitrogens with zero attached hydrogens (tertiary/aromatic N) is 1. The van der Waals surface area contributed by atoms with Gasteiger partial charge in [0.25, 0.3) is 0 Å². The first-order chi connectivity index (χ1) is 8.13. The van der Waals surface area contributed by atoms with Crippen LogP contribution in [0.1, 0.15) is 25.8 Å². The molecule has 0 aromatic heterocycles. The highest BCUT2D eigenvalue weighted by Gasteiger charge is 2.27. The second-order valence-electron chi connectivity index (χ2n) is 4.21. The Balaban J connectivity index is 2.45. The minimum absolute atomic E-state index is 0.112. The smallest absolute Gasteiger partial charge is 0.299 e. The van der Waals surface area contributed by atoms with Crippen LogP contribution in [0.25, 0.3) is 0 Å². The first kappa shape index (κ1) is 11.7. The third kappa shape index (κ3) is 2.16. The lowest BCUT2D eigenvalue weighted by atomic mass is 9.96. The van der Waals surface area contributed by atoms with E-state index < -0.39 is 0 Å². The average molecular weight is 231 g/mol. The van der Waals surface area contributed by atoms with Crippen molar-refractivity contribution in [3.63, 3.8) is 0 Å². The summed E-state index contributed by atoms with van der Waals surface area (Å²) in [6.45, 7) is 3.62. The van der Waals surface area contributed by atoms with Crippen molar-refractivity contribution in [1.29, 1.82) is 0 Å². The van der Waals surface area contributed by atoms with Gasteiger partial charge in [0.1, 0.15) is 5.82 Å². The van der Waals surface area contributed by atoms with Gasteiger partial charge in [-0.05, 0) is 56.4 Å². The zero-order valence-corrected chi connectivity index (χ0v) is 9.96. The van der Waals surface area contributed by atoms with Crippen LogP contribution < -0.4 is 4.90 Å². The summed E-state index contributed by atoms with van der Waals surface area (Å²) in [5, 5.41) is 0.